The number of aliphatic hydroxyl groups is 1. The van der Waals surface area contributed by atoms with Gasteiger partial charge in [-0.1, -0.05) is 11.6 Å². The summed E-state index contributed by atoms with van der Waals surface area (Å²) in [6, 6.07) is 4.13. The van der Waals surface area contributed by atoms with E-state index in [9.17, 15) is 15.2 Å². The van der Waals surface area contributed by atoms with Gasteiger partial charge in [0.25, 0.3) is 0 Å². The summed E-state index contributed by atoms with van der Waals surface area (Å²) >= 11 is 5.65. The first-order valence-electron chi connectivity index (χ1n) is 4.70. The van der Waals surface area contributed by atoms with Crippen molar-refractivity contribution >= 4 is 17.3 Å². The third kappa shape index (κ3) is 3.08. The molecule has 88 valence electrons. The molecule has 0 amide bonds. The second-order valence-corrected chi connectivity index (χ2v) is 3.87. The average molecular weight is 246 g/mol. The largest absolute Gasteiger partial charge is 0.481 e. The van der Waals surface area contributed by atoms with Crippen LogP contribution in [0.1, 0.15) is 13.8 Å². The summed E-state index contributed by atoms with van der Waals surface area (Å²) < 4.78 is 5.27. The zero-order valence-corrected chi connectivity index (χ0v) is 9.64. The Morgan fingerprint density at radius 2 is 2.12 bits per heavy atom. The van der Waals surface area contributed by atoms with E-state index >= 15 is 0 Å². The smallest absolute Gasteiger partial charge is 0.312 e. The van der Waals surface area contributed by atoms with Gasteiger partial charge in [0.15, 0.2) is 5.75 Å². The standard InChI is InChI=1S/C10H12ClNO4/c1-6(13)7(2)16-10-4-3-8(11)5-9(10)12(14)15/h3-7,13H,1-2H3. The molecule has 0 aliphatic rings. The number of hydrogen-bond acceptors (Lipinski definition) is 4. The van der Waals surface area contributed by atoms with Crippen LogP contribution < -0.4 is 4.74 Å². The summed E-state index contributed by atoms with van der Waals surface area (Å²) in [5.41, 5.74) is -0.208. The molecule has 1 aromatic rings. The highest BCUT2D eigenvalue weighted by Gasteiger charge is 2.19. The van der Waals surface area contributed by atoms with Crippen molar-refractivity contribution in [1.29, 1.82) is 0 Å². The number of benzene rings is 1. The minimum absolute atomic E-state index is 0.0998. The lowest BCUT2D eigenvalue weighted by Gasteiger charge is -2.16. The van der Waals surface area contributed by atoms with Crippen LogP contribution in [-0.2, 0) is 0 Å². The molecule has 0 radical (unpaired) electrons. The van der Waals surface area contributed by atoms with Crippen molar-refractivity contribution < 1.29 is 14.8 Å². The maximum atomic E-state index is 10.7. The van der Waals surface area contributed by atoms with Crippen LogP contribution in [0.15, 0.2) is 18.2 Å². The van der Waals surface area contributed by atoms with Crippen LogP contribution >= 0.6 is 11.6 Å². The number of ether oxygens (including phenoxy) is 1. The van der Waals surface area contributed by atoms with Gasteiger partial charge in [0.2, 0.25) is 0 Å². The summed E-state index contributed by atoms with van der Waals surface area (Å²) in [5.74, 6) is 0.0998. The zero-order valence-electron chi connectivity index (χ0n) is 8.88. The molecule has 0 fully saturated rings. The molecule has 0 aliphatic carbocycles. The topological polar surface area (TPSA) is 72.6 Å². The number of hydrogen-bond donors (Lipinski definition) is 1. The van der Waals surface area contributed by atoms with Crippen molar-refractivity contribution in [1.82, 2.24) is 0 Å². The van der Waals surface area contributed by atoms with Crippen molar-refractivity contribution in [3.05, 3.63) is 33.3 Å². The Labute approximate surface area is 97.8 Å². The lowest BCUT2D eigenvalue weighted by molar-refractivity contribution is -0.386. The van der Waals surface area contributed by atoms with Gasteiger partial charge in [-0.2, -0.15) is 0 Å². The van der Waals surface area contributed by atoms with E-state index in [2.05, 4.69) is 0 Å². The summed E-state index contributed by atoms with van der Waals surface area (Å²) in [5, 5.41) is 20.2. The van der Waals surface area contributed by atoms with Crippen molar-refractivity contribution in [3.63, 3.8) is 0 Å². The molecule has 0 spiro atoms. The van der Waals surface area contributed by atoms with Crippen LogP contribution in [0.5, 0.6) is 5.75 Å². The third-order valence-electron chi connectivity index (χ3n) is 2.11. The van der Waals surface area contributed by atoms with Gasteiger partial charge < -0.3 is 9.84 Å². The van der Waals surface area contributed by atoms with E-state index in [1.807, 2.05) is 0 Å². The Morgan fingerprint density at radius 3 is 2.62 bits per heavy atom. The molecule has 2 atom stereocenters. The molecule has 1 aromatic carbocycles. The molecule has 0 saturated carbocycles. The maximum Gasteiger partial charge on any atom is 0.312 e. The summed E-state index contributed by atoms with van der Waals surface area (Å²) in [6.45, 7) is 3.18. The molecule has 0 bridgehead atoms. The minimum atomic E-state index is -0.713. The lowest BCUT2D eigenvalue weighted by Crippen LogP contribution is -2.25. The molecule has 6 heteroatoms. The fourth-order valence-corrected chi connectivity index (χ4v) is 1.20. The predicted molar refractivity (Wildman–Crippen MR) is 59.9 cm³/mol. The van der Waals surface area contributed by atoms with Crippen molar-refractivity contribution in [2.24, 2.45) is 0 Å². The monoisotopic (exact) mass is 245 g/mol. The van der Waals surface area contributed by atoms with Crippen LogP contribution in [0, 0.1) is 10.1 Å². The summed E-state index contributed by atoms with van der Waals surface area (Å²) in [4.78, 5) is 10.2. The number of aliphatic hydroxyl groups excluding tert-OH is 1. The second kappa shape index (κ2) is 5.14. The summed E-state index contributed by atoms with van der Waals surface area (Å²) in [7, 11) is 0. The Morgan fingerprint density at radius 1 is 1.50 bits per heavy atom. The van der Waals surface area contributed by atoms with Crippen LogP contribution in [0.25, 0.3) is 0 Å². The van der Waals surface area contributed by atoms with Gasteiger partial charge in [-0.3, -0.25) is 10.1 Å². The Kier molecular flexibility index (Phi) is 4.09. The Hall–Kier alpha value is -1.33. The molecular weight excluding hydrogens is 234 g/mol. The van der Waals surface area contributed by atoms with Gasteiger partial charge in [0.05, 0.1) is 11.0 Å². The highest BCUT2D eigenvalue weighted by molar-refractivity contribution is 6.30. The van der Waals surface area contributed by atoms with E-state index in [1.165, 1.54) is 18.2 Å². The van der Waals surface area contributed by atoms with Gasteiger partial charge in [0.1, 0.15) is 6.10 Å². The molecule has 0 aromatic heterocycles. The number of nitrogens with zero attached hydrogens (tertiary/aromatic N) is 1. The highest BCUT2D eigenvalue weighted by atomic mass is 35.5. The van der Waals surface area contributed by atoms with Crippen molar-refractivity contribution in [3.8, 4) is 5.75 Å². The maximum absolute atomic E-state index is 10.7. The second-order valence-electron chi connectivity index (χ2n) is 3.43. The quantitative estimate of drug-likeness (QED) is 0.653. The van der Waals surface area contributed by atoms with Gasteiger partial charge in [-0.05, 0) is 26.0 Å². The van der Waals surface area contributed by atoms with Crippen LogP contribution in [0.2, 0.25) is 5.02 Å². The van der Waals surface area contributed by atoms with E-state index in [1.54, 1.807) is 13.8 Å². The first-order chi connectivity index (χ1) is 7.41. The zero-order chi connectivity index (χ0) is 12.3. The molecular formula is C10H12ClNO4. The van der Waals surface area contributed by atoms with Crippen LogP contribution in [-0.4, -0.2) is 22.2 Å². The van der Waals surface area contributed by atoms with Crippen LogP contribution in [0.3, 0.4) is 0 Å². The summed E-state index contributed by atoms with van der Waals surface area (Å²) in [6.07, 6.45) is -1.24. The molecule has 2 unspecified atom stereocenters. The molecule has 5 nitrogen and oxygen atoms in total. The Bertz CT molecular complexity index is 394. The normalized spacial score (nSPS) is 14.2. The number of halogens is 1. The van der Waals surface area contributed by atoms with Gasteiger partial charge in [-0.25, -0.2) is 0 Å². The predicted octanol–water partition coefficient (Wildman–Crippen LogP) is 2.40. The Balaban J connectivity index is 2.99. The molecule has 0 aliphatic heterocycles. The third-order valence-corrected chi connectivity index (χ3v) is 2.34. The lowest BCUT2D eigenvalue weighted by atomic mass is 10.2. The van der Waals surface area contributed by atoms with Gasteiger partial charge in [-0.15, -0.1) is 0 Å². The van der Waals surface area contributed by atoms with E-state index < -0.39 is 17.1 Å². The van der Waals surface area contributed by atoms with Gasteiger partial charge >= 0.3 is 5.69 Å². The highest BCUT2D eigenvalue weighted by Crippen LogP contribution is 2.30. The SMILES string of the molecule is CC(O)C(C)Oc1ccc(Cl)cc1[N+](=O)[O-]. The molecule has 0 heterocycles. The van der Waals surface area contributed by atoms with Gasteiger partial charge in [0, 0.05) is 11.1 Å². The minimum Gasteiger partial charge on any atom is -0.481 e. The number of rotatable bonds is 4. The van der Waals surface area contributed by atoms with E-state index in [4.69, 9.17) is 16.3 Å². The molecule has 1 N–H and O–H groups in total. The average Bonchev–Trinajstić information content (AvgIpc) is 2.20. The first kappa shape index (κ1) is 12.7. The number of nitro groups is 1. The first-order valence-corrected chi connectivity index (χ1v) is 5.08. The van der Waals surface area contributed by atoms with E-state index in [0.717, 1.165) is 0 Å². The molecule has 1 rings (SSSR count). The van der Waals surface area contributed by atoms with Crippen LogP contribution in [0.4, 0.5) is 5.69 Å². The molecule has 0 saturated heterocycles. The fourth-order valence-electron chi connectivity index (χ4n) is 1.03. The fraction of sp³-hybridized carbons (Fsp3) is 0.400. The number of nitro benzene ring substituents is 1. The molecule has 16 heavy (non-hydrogen) atoms. The van der Waals surface area contributed by atoms with Crippen molar-refractivity contribution in [2.45, 2.75) is 26.1 Å². The van der Waals surface area contributed by atoms with E-state index in [0.29, 0.717) is 0 Å². The van der Waals surface area contributed by atoms with Crippen molar-refractivity contribution in [2.75, 3.05) is 0 Å². The van der Waals surface area contributed by atoms with E-state index in [-0.39, 0.29) is 16.5 Å².